The van der Waals surface area contributed by atoms with Crippen LogP contribution in [0.3, 0.4) is 0 Å². The van der Waals surface area contributed by atoms with E-state index in [1.165, 1.54) is 11.8 Å². The molecule has 0 saturated carbocycles. The maximum Gasteiger partial charge on any atom is 0.227 e. The van der Waals surface area contributed by atoms with Crippen LogP contribution in [0.5, 0.6) is 0 Å². The Hall–Kier alpha value is -3.77. The van der Waals surface area contributed by atoms with Crippen molar-refractivity contribution >= 4 is 57.2 Å². The van der Waals surface area contributed by atoms with Crippen molar-refractivity contribution in [3.63, 3.8) is 0 Å². The number of rotatable bonds is 8. The lowest BCUT2D eigenvalue weighted by atomic mass is 10.0. The minimum absolute atomic E-state index is 0.216. The van der Waals surface area contributed by atoms with Crippen LogP contribution >= 0.6 is 23.4 Å². The predicted molar refractivity (Wildman–Crippen MR) is 160 cm³/mol. The lowest BCUT2D eigenvalue weighted by Gasteiger charge is -2.21. The Morgan fingerprint density at radius 3 is 2.80 bits per heavy atom. The monoisotopic (exact) mass is 588 g/mol. The van der Waals surface area contributed by atoms with Crippen LogP contribution < -0.4 is 16.0 Å². The molecule has 12 heteroatoms. The Balaban J connectivity index is 1.30. The van der Waals surface area contributed by atoms with E-state index in [1.807, 2.05) is 60.4 Å². The average Bonchev–Trinajstić information content (AvgIpc) is 3.55. The fourth-order valence-electron chi connectivity index (χ4n) is 5.16. The minimum atomic E-state index is -0.519. The van der Waals surface area contributed by atoms with Gasteiger partial charge in [-0.05, 0) is 41.9 Å². The summed E-state index contributed by atoms with van der Waals surface area (Å²) < 4.78 is 0. The standard InChI is InChI=1S/C29H29ClN8O2S/c1-2-20-25(30)24-26(34-20)36-29(41-17-11-22-21(33-12-17)9-6-10-32-22)37-27(24)38-13-18(19(31)14-38)28(40)35-23(15-39)16-7-4-3-5-8-16/h3-12,18-19,23,39H,2,13-15,31H2,1H3,(H,35,40)(H,34,36,37)/t18-,19?,23+/m1/s1. The highest BCUT2D eigenvalue weighted by atomic mass is 35.5. The number of aliphatic hydroxyl groups is 1. The number of amides is 1. The third kappa shape index (κ3) is 5.45. The van der Waals surface area contributed by atoms with Gasteiger partial charge in [0.1, 0.15) is 11.5 Å². The first kappa shape index (κ1) is 27.4. The van der Waals surface area contributed by atoms with Gasteiger partial charge < -0.3 is 26.0 Å². The maximum absolute atomic E-state index is 13.4. The molecule has 1 amide bonds. The second kappa shape index (κ2) is 11.6. The molecule has 1 saturated heterocycles. The first-order valence-electron chi connectivity index (χ1n) is 13.4. The van der Waals surface area contributed by atoms with Gasteiger partial charge in [0.25, 0.3) is 0 Å². The quantitative estimate of drug-likeness (QED) is 0.198. The number of nitrogens with one attached hydrogen (secondary N) is 2. The van der Waals surface area contributed by atoms with Gasteiger partial charge in [-0.2, -0.15) is 0 Å². The molecule has 0 radical (unpaired) electrons. The van der Waals surface area contributed by atoms with Gasteiger partial charge >= 0.3 is 0 Å². The summed E-state index contributed by atoms with van der Waals surface area (Å²) in [7, 11) is 0. The minimum Gasteiger partial charge on any atom is -0.394 e. The van der Waals surface area contributed by atoms with Gasteiger partial charge in [-0.15, -0.1) is 0 Å². The molecule has 0 aliphatic carbocycles. The molecule has 5 aromatic rings. The van der Waals surface area contributed by atoms with Crippen LogP contribution in [-0.4, -0.2) is 61.7 Å². The number of aryl methyl sites for hydroxylation is 1. The molecule has 0 bridgehead atoms. The first-order chi connectivity index (χ1) is 19.9. The van der Waals surface area contributed by atoms with Gasteiger partial charge in [-0.25, -0.2) is 9.97 Å². The summed E-state index contributed by atoms with van der Waals surface area (Å²) in [4.78, 5) is 38.1. The second-order valence-corrected chi connectivity index (χ2v) is 11.4. The Bertz CT molecular complexity index is 1720. The van der Waals surface area contributed by atoms with Gasteiger partial charge in [0.2, 0.25) is 5.91 Å². The summed E-state index contributed by atoms with van der Waals surface area (Å²) in [6.45, 7) is 2.56. The second-order valence-electron chi connectivity index (χ2n) is 9.97. The zero-order valence-corrected chi connectivity index (χ0v) is 23.9. The molecule has 1 unspecified atom stereocenters. The number of pyridine rings is 2. The summed E-state index contributed by atoms with van der Waals surface area (Å²) in [6.07, 6.45) is 4.21. The summed E-state index contributed by atoms with van der Waals surface area (Å²) in [6, 6.07) is 14.2. The third-order valence-electron chi connectivity index (χ3n) is 7.31. The molecule has 1 aromatic carbocycles. The van der Waals surface area contributed by atoms with Crippen molar-refractivity contribution in [3.05, 3.63) is 77.2 Å². The molecule has 6 rings (SSSR count). The number of anilines is 1. The Morgan fingerprint density at radius 1 is 1.20 bits per heavy atom. The number of hydrogen-bond donors (Lipinski definition) is 4. The molecule has 10 nitrogen and oxygen atoms in total. The number of H-pyrrole nitrogens is 1. The summed E-state index contributed by atoms with van der Waals surface area (Å²) in [5, 5.41) is 14.7. The number of aliphatic hydroxyl groups excluding tert-OH is 1. The van der Waals surface area contributed by atoms with Gasteiger partial charge in [-0.3, -0.25) is 14.8 Å². The molecule has 5 N–H and O–H groups in total. The van der Waals surface area contributed by atoms with Crippen LogP contribution in [0.15, 0.2) is 71.0 Å². The molecule has 0 spiro atoms. The maximum atomic E-state index is 13.4. The van der Waals surface area contributed by atoms with E-state index in [0.717, 1.165) is 27.2 Å². The molecule has 1 aliphatic heterocycles. The number of nitrogens with two attached hydrogens (primary N) is 1. The van der Waals surface area contributed by atoms with E-state index in [9.17, 15) is 9.90 Å². The number of carbonyl (C=O) groups is 1. The lowest BCUT2D eigenvalue weighted by Crippen LogP contribution is -2.43. The van der Waals surface area contributed by atoms with Gasteiger partial charge in [0.15, 0.2) is 5.16 Å². The lowest BCUT2D eigenvalue weighted by molar-refractivity contribution is -0.125. The van der Waals surface area contributed by atoms with Gasteiger partial charge in [0.05, 0.1) is 40.0 Å². The van der Waals surface area contributed by atoms with Crippen molar-refractivity contribution in [1.29, 1.82) is 0 Å². The van der Waals surface area contributed by atoms with E-state index in [4.69, 9.17) is 27.3 Å². The average molecular weight is 589 g/mol. The van der Waals surface area contributed by atoms with Crippen LogP contribution in [0, 0.1) is 5.92 Å². The number of benzene rings is 1. The summed E-state index contributed by atoms with van der Waals surface area (Å²) in [5.74, 6) is -0.0993. The van der Waals surface area contributed by atoms with Crippen molar-refractivity contribution in [2.24, 2.45) is 11.7 Å². The van der Waals surface area contributed by atoms with E-state index in [0.29, 0.717) is 46.5 Å². The fraction of sp³-hybridized carbons (Fsp3) is 0.276. The van der Waals surface area contributed by atoms with E-state index in [2.05, 4.69) is 20.3 Å². The molecular formula is C29H29ClN8O2S. The predicted octanol–water partition coefficient (Wildman–Crippen LogP) is 3.88. The largest absolute Gasteiger partial charge is 0.394 e. The molecule has 4 aromatic heterocycles. The van der Waals surface area contributed by atoms with Crippen LogP contribution in [-0.2, 0) is 11.2 Å². The summed E-state index contributed by atoms with van der Waals surface area (Å²) >= 11 is 8.19. The van der Waals surface area contributed by atoms with E-state index in [1.54, 1.807) is 12.4 Å². The normalized spacial score (nSPS) is 17.8. The molecule has 5 heterocycles. The number of carbonyl (C=O) groups excluding carboxylic acids is 1. The molecule has 41 heavy (non-hydrogen) atoms. The van der Waals surface area contributed by atoms with Crippen LogP contribution in [0.25, 0.3) is 22.1 Å². The number of nitrogens with zero attached hydrogens (tertiary/aromatic N) is 5. The van der Waals surface area contributed by atoms with Crippen molar-refractivity contribution in [2.75, 3.05) is 24.6 Å². The highest BCUT2D eigenvalue weighted by Gasteiger charge is 2.38. The third-order valence-corrected chi connectivity index (χ3v) is 8.56. The smallest absolute Gasteiger partial charge is 0.227 e. The number of halogens is 1. The molecular weight excluding hydrogens is 560 g/mol. The van der Waals surface area contributed by atoms with Crippen molar-refractivity contribution in [2.45, 2.75) is 35.5 Å². The number of fused-ring (bicyclic) bond motifs is 2. The SMILES string of the molecule is CCc1[nH]c2nc(Sc3cnc4cccnc4c3)nc(N3CC(N)[C@H](C(=O)N[C@@H](CO)c4ccccc4)C3)c2c1Cl. The fourth-order valence-corrected chi connectivity index (χ4v) is 6.27. The van der Waals surface area contributed by atoms with Crippen molar-refractivity contribution in [1.82, 2.24) is 30.2 Å². The van der Waals surface area contributed by atoms with Gasteiger partial charge in [-0.1, -0.05) is 48.9 Å². The zero-order chi connectivity index (χ0) is 28.5. The molecule has 1 fully saturated rings. The van der Waals surface area contributed by atoms with E-state index >= 15 is 0 Å². The molecule has 1 aliphatic rings. The summed E-state index contributed by atoms with van der Waals surface area (Å²) in [5.41, 5.74) is 10.4. The highest BCUT2D eigenvalue weighted by molar-refractivity contribution is 7.99. The first-order valence-corrected chi connectivity index (χ1v) is 14.6. The van der Waals surface area contributed by atoms with Crippen LogP contribution in [0.4, 0.5) is 5.82 Å². The van der Waals surface area contributed by atoms with Crippen molar-refractivity contribution in [3.8, 4) is 0 Å². The van der Waals surface area contributed by atoms with E-state index in [-0.39, 0.29) is 12.5 Å². The highest BCUT2D eigenvalue weighted by Crippen LogP contribution is 2.38. The van der Waals surface area contributed by atoms with Gasteiger partial charge in [0, 0.05) is 42.1 Å². The Kier molecular flexibility index (Phi) is 7.76. The Labute approximate surface area is 245 Å². The zero-order valence-electron chi connectivity index (χ0n) is 22.3. The number of hydrogen-bond acceptors (Lipinski definition) is 9. The van der Waals surface area contributed by atoms with Crippen LogP contribution in [0.2, 0.25) is 5.02 Å². The number of aromatic nitrogens is 5. The van der Waals surface area contributed by atoms with Crippen LogP contribution in [0.1, 0.15) is 24.2 Å². The molecule has 210 valence electrons. The van der Waals surface area contributed by atoms with E-state index < -0.39 is 18.0 Å². The van der Waals surface area contributed by atoms with Crippen molar-refractivity contribution < 1.29 is 9.90 Å². The Morgan fingerprint density at radius 2 is 2.02 bits per heavy atom. The number of aromatic amines is 1. The molecule has 3 atom stereocenters. The topological polar surface area (TPSA) is 146 Å².